The molecule has 39 heavy (non-hydrogen) atoms. The van der Waals surface area contributed by atoms with Crippen LogP contribution in [0, 0.1) is 0 Å². The van der Waals surface area contributed by atoms with E-state index in [-0.39, 0.29) is 5.41 Å². The maximum absolute atomic E-state index is 4.40. The standard InChI is InChI=1S/C37H26N2/c1-3-11-33-25(7-1)13-14-26-8-2-4-12-34(26)37(33)35-17-15-27(29-9-5-19-38-23-29)21-31(35)32-22-28(16-18-36(32)37)30-10-6-20-39-24-30/h1-12,15-24H,13-14H2. The van der Waals surface area contributed by atoms with E-state index in [0.717, 1.165) is 24.0 Å². The zero-order chi connectivity index (χ0) is 25.8. The molecule has 0 aliphatic heterocycles. The zero-order valence-corrected chi connectivity index (χ0v) is 21.5. The lowest BCUT2D eigenvalue weighted by atomic mass is 9.66. The van der Waals surface area contributed by atoms with Gasteiger partial charge >= 0.3 is 0 Å². The van der Waals surface area contributed by atoms with Crippen LogP contribution in [-0.4, -0.2) is 9.97 Å². The molecule has 0 radical (unpaired) electrons. The van der Waals surface area contributed by atoms with Crippen LogP contribution in [-0.2, 0) is 18.3 Å². The van der Waals surface area contributed by atoms with Crippen LogP contribution >= 0.6 is 0 Å². The van der Waals surface area contributed by atoms with Crippen molar-refractivity contribution in [2.45, 2.75) is 18.3 Å². The van der Waals surface area contributed by atoms with Gasteiger partial charge < -0.3 is 0 Å². The van der Waals surface area contributed by atoms with Crippen molar-refractivity contribution < 1.29 is 0 Å². The van der Waals surface area contributed by atoms with Gasteiger partial charge in [0, 0.05) is 35.9 Å². The highest BCUT2D eigenvalue weighted by atomic mass is 14.6. The normalized spacial score (nSPS) is 14.2. The molecule has 0 bridgehead atoms. The molecular weight excluding hydrogens is 472 g/mol. The molecule has 184 valence electrons. The molecule has 0 amide bonds. The number of pyridine rings is 2. The molecule has 2 heteroatoms. The molecule has 2 aliphatic carbocycles. The third-order valence-electron chi connectivity index (χ3n) is 8.63. The first-order valence-electron chi connectivity index (χ1n) is 13.6. The van der Waals surface area contributed by atoms with Crippen molar-refractivity contribution in [3.05, 3.63) is 167 Å². The monoisotopic (exact) mass is 498 g/mol. The number of fused-ring (bicyclic) bond motifs is 9. The molecule has 1 spiro atoms. The summed E-state index contributed by atoms with van der Waals surface area (Å²) in [6.07, 6.45) is 9.66. The first-order valence-corrected chi connectivity index (χ1v) is 13.6. The molecule has 4 aromatic carbocycles. The molecule has 0 saturated carbocycles. The average Bonchev–Trinajstić information content (AvgIpc) is 3.21. The Morgan fingerprint density at radius 2 is 0.923 bits per heavy atom. The summed E-state index contributed by atoms with van der Waals surface area (Å²) in [7, 11) is 0. The third kappa shape index (κ3) is 3.21. The van der Waals surface area contributed by atoms with Crippen LogP contribution in [0.2, 0.25) is 0 Å². The Bertz CT molecular complexity index is 1720. The molecule has 0 fully saturated rings. The quantitative estimate of drug-likeness (QED) is 0.240. The SMILES string of the molecule is c1cncc(-c2ccc3c(c2)-c2cc(-c4cccnc4)ccc2C32c3ccccc3CCc3ccccc32)c1. The first-order chi connectivity index (χ1) is 19.3. The molecule has 2 heterocycles. The predicted molar refractivity (Wildman–Crippen MR) is 158 cm³/mol. The van der Waals surface area contributed by atoms with E-state index in [4.69, 9.17) is 0 Å². The fourth-order valence-corrected chi connectivity index (χ4v) is 6.96. The molecule has 0 N–H and O–H groups in total. The van der Waals surface area contributed by atoms with Gasteiger partial charge in [-0.3, -0.25) is 9.97 Å². The highest BCUT2D eigenvalue weighted by Gasteiger charge is 2.48. The van der Waals surface area contributed by atoms with Crippen molar-refractivity contribution in [1.82, 2.24) is 9.97 Å². The number of rotatable bonds is 2. The van der Waals surface area contributed by atoms with E-state index in [1.54, 1.807) is 0 Å². The average molecular weight is 499 g/mol. The van der Waals surface area contributed by atoms with Crippen LogP contribution in [0.3, 0.4) is 0 Å². The lowest BCUT2D eigenvalue weighted by Crippen LogP contribution is -2.29. The lowest BCUT2D eigenvalue weighted by Gasteiger charge is -2.35. The predicted octanol–water partition coefficient (Wildman–Crippen LogP) is 8.27. The molecule has 0 saturated heterocycles. The Morgan fingerprint density at radius 1 is 0.436 bits per heavy atom. The maximum atomic E-state index is 4.40. The number of nitrogens with zero attached hydrogens (tertiary/aromatic N) is 2. The Hall–Kier alpha value is -4.82. The lowest BCUT2D eigenvalue weighted by molar-refractivity contribution is 0.762. The van der Waals surface area contributed by atoms with E-state index < -0.39 is 0 Å². The number of hydrogen-bond donors (Lipinski definition) is 0. The highest BCUT2D eigenvalue weighted by molar-refractivity contribution is 5.91. The molecule has 6 aromatic rings. The summed E-state index contributed by atoms with van der Waals surface area (Å²) in [6.45, 7) is 0. The molecular formula is C37H26N2. The van der Waals surface area contributed by atoms with Crippen molar-refractivity contribution in [1.29, 1.82) is 0 Å². The molecule has 0 unspecified atom stereocenters. The van der Waals surface area contributed by atoms with E-state index in [2.05, 4.69) is 107 Å². The topological polar surface area (TPSA) is 25.8 Å². The van der Waals surface area contributed by atoms with Gasteiger partial charge in [-0.15, -0.1) is 0 Å². The van der Waals surface area contributed by atoms with Crippen LogP contribution in [0.1, 0.15) is 33.4 Å². The van der Waals surface area contributed by atoms with Crippen molar-refractivity contribution >= 4 is 0 Å². The van der Waals surface area contributed by atoms with E-state index in [9.17, 15) is 0 Å². The highest BCUT2D eigenvalue weighted by Crippen LogP contribution is 2.59. The van der Waals surface area contributed by atoms with Gasteiger partial charge in [0.1, 0.15) is 0 Å². The minimum atomic E-state index is -0.366. The van der Waals surface area contributed by atoms with Gasteiger partial charge in [0.05, 0.1) is 5.41 Å². The minimum absolute atomic E-state index is 0.366. The van der Waals surface area contributed by atoms with Crippen LogP contribution < -0.4 is 0 Å². The third-order valence-corrected chi connectivity index (χ3v) is 8.63. The van der Waals surface area contributed by atoms with E-state index in [0.29, 0.717) is 0 Å². The minimum Gasteiger partial charge on any atom is -0.264 e. The summed E-state index contributed by atoms with van der Waals surface area (Å²) in [5.74, 6) is 0. The summed E-state index contributed by atoms with van der Waals surface area (Å²) in [4.78, 5) is 8.80. The van der Waals surface area contributed by atoms with Gasteiger partial charge in [-0.2, -0.15) is 0 Å². The Kier molecular flexibility index (Phi) is 4.90. The second-order valence-electron chi connectivity index (χ2n) is 10.6. The van der Waals surface area contributed by atoms with Crippen LogP contribution in [0.25, 0.3) is 33.4 Å². The summed E-state index contributed by atoms with van der Waals surface area (Å²) >= 11 is 0. The summed E-state index contributed by atoms with van der Waals surface area (Å²) in [5, 5.41) is 0. The second-order valence-corrected chi connectivity index (χ2v) is 10.6. The van der Waals surface area contributed by atoms with Gasteiger partial charge in [-0.05, 0) is 92.7 Å². The van der Waals surface area contributed by atoms with Crippen LogP contribution in [0.4, 0.5) is 0 Å². The van der Waals surface area contributed by atoms with Gasteiger partial charge in [0.15, 0.2) is 0 Å². The van der Waals surface area contributed by atoms with Crippen molar-refractivity contribution in [2.24, 2.45) is 0 Å². The fourth-order valence-electron chi connectivity index (χ4n) is 6.96. The van der Waals surface area contributed by atoms with Gasteiger partial charge in [0.2, 0.25) is 0 Å². The van der Waals surface area contributed by atoms with Gasteiger partial charge in [-0.25, -0.2) is 0 Å². The van der Waals surface area contributed by atoms with Gasteiger partial charge in [0.25, 0.3) is 0 Å². The molecule has 8 rings (SSSR count). The Balaban J connectivity index is 1.50. The van der Waals surface area contributed by atoms with Crippen LogP contribution in [0.15, 0.2) is 134 Å². The molecule has 2 nitrogen and oxygen atoms in total. The Labute approximate surface area is 228 Å². The smallest absolute Gasteiger partial charge is 0.0718 e. The van der Waals surface area contributed by atoms with Gasteiger partial charge in [-0.1, -0.05) is 84.9 Å². The number of aromatic nitrogens is 2. The first kappa shape index (κ1) is 22.2. The molecule has 2 aromatic heterocycles. The summed E-state index contributed by atoms with van der Waals surface area (Å²) < 4.78 is 0. The van der Waals surface area contributed by atoms with Crippen molar-refractivity contribution in [3.63, 3.8) is 0 Å². The van der Waals surface area contributed by atoms with Crippen molar-refractivity contribution in [2.75, 3.05) is 0 Å². The number of benzene rings is 4. The molecule has 2 aliphatic rings. The van der Waals surface area contributed by atoms with E-state index in [1.807, 2.05) is 36.9 Å². The number of hydrogen-bond acceptors (Lipinski definition) is 2. The summed E-state index contributed by atoms with van der Waals surface area (Å²) in [6, 6.07) is 40.5. The Morgan fingerprint density at radius 3 is 1.38 bits per heavy atom. The largest absolute Gasteiger partial charge is 0.264 e. The zero-order valence-electron chi connectivity index (χ0n) is 21.5. The summed E-state index contributed by atoms with van der Waals surface area (Å²) in [5.41, 5.74) is 15.2. The van der Waals surface area contributed by atoms with Crippen LogP contribution in [0.5, 0.6) is 0 Å². The molecule has 0 atom stereocenters. The maximum Gasteiger partial charge on any atom is 0.0718 e. The fraction of sp³-hybridized carbons (Fsp3) is 0.0811. The van der Waals surface area contributed by atoms with E-state index in [1.165, 1.54) is 55.6 Å². The second kappa shape index (κ2) is 8.61. The van der Waals surface area contributed by atoms with Crippen molar-refractivity contribution in [3.8, 4) is 33.4 Å². The van der Waals surface area contributed by atoms with E-state index >= 15 is 0 Å². The number of aryl methyl sites for hydroxylation is 2.